The van der Waals surface area contributed by atoms with Gasteiger partial charge in [-0.25, -0.2) is 14.0 Å². The van der Waals surface area contributed by atoms with Crippen molar-refractivity contribution in [3.8, 4) is 0 Å². The fourth-order valence-electron chi connectivity index (χ4n) is 4.56. The summed E-state index contributed by atoms with van der Waals surface area (Å²) in [5.74, 6) is -1.51. The molecule has 4 rings (SSSR count). The lowest BCUT2D eigenvalue weighted by atomic mass is 9.98. The van der Waals surface area contributed by atoms with Gasteiger partial charge < -0.3 is 20.1 Å². The predicted molar refractivity (Wildman–Crippen MR) is 148 cm³/mol. The second kappa shape index (κ2) is 11.6. The molecule has 2 amide bonds. The average Bonchev–Trinajstić information content (AvgIpc) is 3.25. The third-order valence-electron chi connectivity index (χ3n) is 6.57. The molecule has 2 aromatic carbocycles. The monoisotopic (exact) mass is 552 g/mol. The molecular weight excluding hydrogens is 519 g/mol. The van der Waals surface area contributed by atoms with Crippen molar-refractivity contribution in [2.24, 2.45) is 0 Å². The lowest BCUT2D eigenvalue weighted by Gasteiger charge is -2.30. The van der Waals surface area contributed by atoms with Gasteiger partial charge >= 0.3 is 12.1 Å². The Morgan fingerprint density at radius 2 is 1.74 bits per heavy atom. The number of ether oxygens (including phenoxy) is 1. The molecule has 0 aliphatic carbocycles. The Morgan fingerprint density at radius 1 is 1.08 bits per heavy atom. The number of fused-ring (bicyclic) bond motifs is 1. The Labute approximate surface area is 231 Å². The highest BCUT2D eigenvalue weighted by atomic mass is 32.1. The van der Waals surface area contributed by atoms with Crippen molar-refractivity contribution in [2.75, 3.05) is 6.54 Å². The van der Waals surface area contributed by atoms with Gasteiger partial charge in [-0.15, -0.1) is 11.3 Å². The number of hydrogen-bond acceptors (Lipinski definition) is 5. The van der Waals surface area contributed by atoms with Gasteiger partial charge in [-0.2, -0.15) is 0 Å². The van der Waals surface area contributed by atoms with Crippen LogP contribution in [0.1, 0.15) is 80.9 Å². The van der Waals surface area contributed by atoms with E-state index >= 15 is 0 Å². The molecule has 1 aromatic heterocycles. The predicted octanol–water partition coefficient (Wildman–Crippen LogP) is 6.15. The van der Waals surface area contributed by atoms with Crippen molar-refractivity contribution in [3.05, 3.63) is 91.9 Å². The van der Waals surface area contributed by atoms with E-state index < -0.39 is 11.6 Å². The molecule has 2 N–H and O–H groups in total. The van der Waals surface area contributed by atoms with Crippen LogP contribution in [0.4, 0.5) is 9.18 Å². The van der Waals surface area contributed by atoms with Crippen LogP contribution in [0, 0.1) is 5.82 Å². The summed E-state index contributed by atoms with van der Waals surface area (Å²) in [7, 11) is 0. The number of nitrogens with one attached hydrogen (secondary N) is 1. The number of nitrogens with zero attached hydrogens (tertiary/aromatic N) is 1. The molecule has 1 aliphatic heterocycles. The Hall–Kier alpha value is -3.72. The van der Waals surface area contributed by atoms with E-state index in [1.165, 1.54) is 35.6 Å². The van der Waals surface area contributed by atoms with Crippen molar-refractivity contribution in [2.45, 2.75) is 65.1 Å². The first kappa shape index (κ1) is 28.3. The summed E-state index contributed by atoms with van der Waals surface area (Å²) in [6.45, 7) is 8.17. The van der Waals surface area contributed by atoms with Gasteiger partial charge in [-0.1, -0.05) is 24.3 Å². The van der Waals surface area contributed by atoms with Crippen molar-refractivity contribution in [1.29, 1.82) is 0 Å². The highest BCUT2D eigenvalue weighted by Crippen LogP contribution is 2.35. The van der Waals surface area contributed by atoms with Crippen LogP contribution in [0.2, 0.25) is 0 Å². The lowest BCUT2D eigenvalue weighted by Crippen LogP contribution is -2.40. The maximum Gasteiger partial charge on any atom is 0.410 e. The molecule has 0 saturated carbocycles. The molecule has 2 heterocycles. The van der Waals surface area contributed by atoms with Gasteiger partial charge in [0, 0.05) is 16.3 Å². The lowest BCUT2D eigenvalue weighted by molar-refractivity contribution is 0.0226. The highest BCUT2D eigenvalue weighted by Gasteiger charge is 2.32. The fraction of sp³-hybridized carbons (Fsp3) is 0.367. The summed E-state index contributed by atoms with van der Waals surface area (Å²) in [6, 6.07) is 12.4. The number of carboxylic acid groups (broad SMARTS) is 1. The maximum absolute atomic E-state index is 13.7. The number of amides is 2. The van der Waals surface area contributed by atoms with Gasteiger partial charge in [-0.3, -0.25) is 4.79 Å². The van der Waals surface area contributed by atoms with Crippen molar-refractivity contribution in [3.63, 3.8) is 0 Å². The Kier molecular flexibility index (Phi) is 8.39. The molecule has 0 saturated heterocycles. The number of carbonyl (C=O) groups is 3. The summed E-state index contributed by atoms with van der Waals surface area (Å²) in [5, 5.41) is 12.2. The summed E-state index contributed by atoms with van der Waals surface area (Å²) in [6.07, 6.45) is 1.40. The first-order valence-corrected chi connectivity index (χ1v) is 13.7. The Morgan fingerprint density at radius 3 is 2.36 bits per heavy atom. The number of thiophene rings is 1. The second-order valence-electron chi connectivity index (χ2n) is 10.7. The standard InChI is InChI=1S/C30H33FN2O5S/c1-18(20-8-10-21(11-9-20)28(35)36)32-27(34)26-23-15-16-33(29(37)38-30(2,3)4)17-25(23)39-24(26)14-7-19-5-12-22(31)13-6-19/h5-6,8-13,18H,7,14-17H2,1-4H3,(H,32,34)(H,35,36)/t18-/m0/s1. The minimum Gasteiger partial charge on any atom is -0.478 e. The van der Waals surface area contributed by atoms with Gasteiger partial charge in [0.1, 0.15) is 11.4 Å². The minimum absolute atomic E-state index is 0.182. The van der Waals surface area contributed by atoms with E-state index in [0.717, 1.165) is 26.4 Å². The fourth-order valence-corrected chi connectivity index (χ4v) is 5.93. The summed E-state index contributed by atoms with van der Waals surface area (Å²) < 4.78 is 18.9. The van der Waals surface area contributed by atoms with Crippen LogP contribution < -0.4 is 5.32 Å². The van der Waals surface area contributed by atoms with Crippen molar-refractivity contribution >= 4 is 29.3 Å². The Bertz CT molecular complexity index is 1360. The van der Waals surface area contributed by atoms with Gasteiger partial charge in [-0.05, 0) is 87.9 Å². The highest BCUT2D eigenvalue weighted by molar-refractivity contribution is 7.12. The van der Waals surface area contributed by atoms with E-state index in [0.29, 0.717) is 37.9 Å². The van der Waals surface area contributed by atoms with Crippen molar-refractivity contribution < 1.29 is 28.6 Å². The molecule has 3 aromatic rings. The molecule has 0 radical (unpaired) electrons. The molecule has 0 spiro atoms. The summed E-state index contributed by atoms with van der Waals surface area (Å²) in [5.41, 5.74) is 2.92. The first-order valence-electron chi connectivity index (χ1n) is 12.9. The van der Waals surface area contributed by atoms with E-state index in [-0.39, 0.29) is 29.4 Å². The van der Waals surface area contributed by atoms with E-state index in [2.05, 4.69) is 5.32 Å². The van der Waals surface area contributed by atoms with Crippen LogP contribution >= 0.6 is 11.3 Å². The topological polar surface area (TPSA) is 95.9 Å². The van der Waals surface area contributed by atoms with Gasteiger partial charge in [0.15, 0.2) is 0 Å². The molecule has 1 aliphatic rings. The number of aryl methyl sites for hydroxylation is 2. The smallest absolute Gasteiger partial charge is 0.410 e. The Balaban J connectivity index is 1.58. The van der Waals surface area contributed by atoms with Gasteiger partial charge in [0.25, 0.3) is 5.91 Å². The van der Waals surface area contributed by atoms with Crippen LogP contribution in [-0.4, -0.2) is 40.1 Å². The zero-order chi connectivity index (χ0) is 28.3. The van der Waals surface area contributed by atoms with Gasteiger partial charge in [0.2, 0.25) is 0 Å². The molecule has 206 valence electrons. The quantitative estimate of drug-likeness (QED) is 0.366. The molecular formula is C30H33FN2O5S. The van der Waals surface area contributed by atoms with E-state index in [1.54, 1.807) is 29.2 Å². The zero-order valence-electron chi connectivity index (χ0n) is 22.5. The van der Waals surface area contributed by atoms with E-state index in [4.69, 9.17) is 9.84 Å². The molecule has 0 unspecified atom stereocenters. The number of rotatable bonds is 7. The number of aromatic carboxylic acids is 1. The number of carbonyl (C=O) groups excluding carboxylic acids is 2. The third-order valence-corrected chi connectivity index (χ3v) is 7.84. The summed E-state index contributed by atoms with van der Waals surface area (Å²) in [4.78, 5) is 41.1. The molecule has 39 heavy (non-hydrogen) atoms. The zero-order valence-corrected chi connectivity index (χ0v) is 23.4. The van der Waals surface area contributed by atoms with Crippen LogP contribution in [0.15, 0.2) is 48.5 Å². The van der Waals surface area contributed by atoms with Crippen LogP contribution in [0.25, 0.3) is 0 Å². The van der Waals surface area contributed by atoms with Gasteiger partial charge in [0.05, 0.1) is 23.7 Å². The second-order valence-corrected chi connectivity index (χ2v) is 11.9. The molecule has 1 atom stereocenters. The number of halogens is 1. The third kappa shape index (κ3) is 7.03. The largest absolute Gasteiger partial charge is 0.478 e. The summed E-state index contributed by atoms with van der Waals surface area (Å²) >= 11 is 1.53. The van der Waals surface area contributed by atoms with E-state index in [9.17, 15) is 18.8 Å². The molecule has 9 heteroatoms. The number of hydrogen-bond donors (Lipinski definition) is 2. The van der Waals surface area contributed by atoms with E-state index in [1.807, 2.05) is 27.7 Å². The minimum atomic E-state index is -1.01. The number of benzene rings is 2. The van der Waals surface area contributed by atoms with Crippen molar-refractivity contribution in [1.82, 2.24) is 10.2 Å². The molecule has 0 fully saturated rings. The van der Waals surface area contributed by atoms with Crippen LogP contribution in [0.3, 0.4) is 0 Å². The van der Waals surface area contributed by atoms with Crippen LogP contribution in [0.5, 0.6) is 0 Å². The number of carboxylic acids is 1. The normalized spacial score (nSPS) is 13.9. The SMILES string of the molecule is C[C@H](NC(=O)c1c(CCc2ccc(F)cc2)sc2c1CCN(C(=O)OC(C)(C)C)C2)c1ccc(C(=O)O)cc1. The first-order chi connectivity index (χ1) is 18.4. The average molecular weight is 553 g/mol. The van der Waals surface area contributed by atoms with Crippen LogP contribution in [-0.2, 0) is 30.5 Å². The maximum atomic E-state index is 13.7. The molecule has 7 nitrogen and oxygen atoms in total. The molecule has 0 bridgehead atoms.